The fourth-order valence-electron chi connectivity index (χ4n) is 5.40. The van der Waals surface area contributed by atoms with Crippen LogP contribution in [0.1, 0.15) is 43.0 Å². The molecule has 2 amide bonds. The Morgan fingerprint density at radius 3 is 2.27 bits per heavy atom. The molecule has 2 aromatic carbocycles. The van der Waals surface area contributed by atoms with Crippen molar-refractivity contribution in [1.29, 1.82) is 0 Å². The number of amidine groups is 1. The highest BCUT2D eigenvalue weighted by Crippen LogP contribution is 2.46. The number of hydrogen-bond donors (Lipinski definition) is 1. The van der Waals surface area contributed by atoms with Gasteiger partial charge in [0.25, 0.3) is 0 Å². The number of urea groups is 1. The van der Waals surface area contributed by atoms with Gasteiger partial charge in [0.05, 0.1) is 32.1 Å². The molecule has 1 N–H and O–H groups in total. The van der Waals surface area contributed by atoms with Crippen molar-refractivity contribution in [2.45, 2.75) is 31.8 Å². The van der Waals surface area contributed by atoms with Crippen LogP contribution in [0.5, 0.6) is 0 Å². The molecule has 41 heavy (non-hydrogen) atoms. The normalized spacial score (nSPS) is 20.8. The summed E-state index contributed by atoms with van der Waals surface area (Å²) in [7, 11) is 1.67. The summed E-state index contributed by atoms with van der Waals surface area (Å²) in [5, 5.41) is 9.37. The van der Waals surface area contributed by atoms with Crippen molar-refractivity contribution < 1.29 is 19.4 Å². The van der Waals surface area contributed by atoms with Gasteiger partial charge < -0.3 is 19.5 Å². The number of rotatable bonds is 8. The van der Waals surface area contributed by atoms with E-state index in [2.05, 4.69) is 56.1 Å². The van der Waals surface area contributed by atoms with Crippen molar-refractivity contribution in [3.63, 3.8) is 0 Å². The van der Waals surface area contributed by atoms with Crippen molar-refractivity contribution >= 4 is 43.7 Å². The molecule has 1 aliphatic carbocycles. The number of ether oxygens (including phenoxy) is 2. The third-order valence-corrected chi connectivity index (χ3v) is 8.51. The van der Waals surface area contributed by atoms with Crippen molar-refractivity contribution in [1.82, 2.24) is 14.7 Å². The number of aliphatic hydroxyl groups is 1. The molecular weight excluding hydrogens is 652 g/mol. The number of amides is 2. The lowest BCUT2D eigenvalue weighted by Gasteiger charge is -2.36. The van der Waals surface area contributed by atoms with Gasteiger partial charge in [-0.2, -0.15) is 0 Å². The Morgan fingerprint density at radius 2 is 1.68 bits per heavy atom. The minimum atomic E-state index is -0.376. The van der Waals surface area contributed by atoms with Crippen molar-refractivity contribution in [2.75, 3.05) is 40.0 Å². The number of benzene rings is 2. The standard InChI is InChI=1S/C31H34Br2N4O4/c1-3-41-27-20-25(40-2)12-13-26(27)30-34-28(21-4-8-23(32)9-5-21)29(22-6-10-24(33)11-7-22)37(30)31(39)36-16-14-35(15-17-36)18-19-38/h4-11,14,16,20,28-29,38H,3,12-13,15,17-19H2,1-2H3. The second kappa shape index (κ2) is 13.3. The number of carbonyl (C=O) groups is 1. The highest BCUT2D eigenvalue weighted by atomic mass is 79.9. The van der Waals surface area contributed by atoms with Gasteiger partial charge in [0.2, 0.25) is 0 Å². The number of allylic oxidation sites excluding steroid dienone is 2. The molecule has 0 saturated heterocycles. The molecule has 0 bridgehead atoms. The first-order chi connectivity index (χ1) is 19.9. The van der Waals surface area contributed by atoms with E-state index >= 15 is 0 Å². The molecule has 0 aromatic heterocycles. The lowest BCUT2D eigenvalue weighted by molar-refractivity contribution is 0.164. The molecule has 0 fully saturated rings. The van der Waals surface area contributed by atoms with Crippen LogP contribution in [-0.2, 0) is 9.47 Å². The molecule has 2 aliphatic heterocycles. The zero-order valence-electron chi connectivity index (χ0n) is 23.2. The van der Waals surface area contributed by atoms with Crippen LogP contribution in [0.4, 0.5) is 4.79 Å². The second-order valence-corrected chi connectivity index (χ2v) is 11.8. The van der Waals surface area contributed by atoms with E-state index in [9.17, 15) is 9.90 Å². The van der Waals surface area contributed by atoms with Gasteiger partial charge in [0.1, 0.15) is 17.6 Å². The largest absolute Gasteiger partial charge is 0.501 e. The Bertz CT molecular complexity index is 1370. The van der Waals surface area contributed by atoms with Gasteiger partial charge in [0.15, 0.2) is 0 Å². The quantitative estimate of drug-likeness (QED) is 0.342. The maximum Gasteiger partial charge on any atom is 0.330 e. The highest BCUT2D eigenvalue weighted by molar-refractivity contribution is 9.10. The van der Waals surface area contributed by atoms with Crippen LogP contribution >= 0.6 is 31.9 Å². The van der Waals surface area contributed by atoms with Gasteiger partial charge in [-0.05, 0) is 48.7 Å². The Kier molecular flexibility index (Phi) is 9.52. The number of β-amino-alcohol motifs (C(OH)–C–C–N with tert-alkyl or cyclic N) is 1. The SMILES string of the molecule is CCOC1=C(C2=NC(c3ccc(Br)cc3)C(c3ccc(Br)cc3)N2C(=O)N2C=CN(CCO)CC2)CCC(OC)=C1. The molecule has 8 nitrogen and oxygen atoms in total. The van der Waals surface area contributed by atoms with E-state index in [1.54, 1.807) is 18.2 Å². The predicted octanol–water partition coefficient (Wildman–Crippen LogP) is 6.52. The van der Waals surface area contributed by atoms with Gasteiger partial charge in [-0.25, -0.2) is 4.79 Å². The van der Waals surface area contributed by atoms with E-state index in [1.165, 1.54) is 0 Å². The molecule has 2 atom stereocenters. The number of nitrogens with zero attached hydrogens (tertiary/aromatic N) is 4. The summed E-state index contributed by atoms with van der Waals surface area (Å²) < 4.78 is 13.6. The number of hydrogen-bond acceptors (Lipinski definition) is 6. The molecular formula is C31H34Br2N4O4. The number of halogens is 2. The first kappa shape index (κ1) is 29.4. The zero-order valence-corrected chi connectivity index (χ0v) is 26.3. The maximum atomic E-state index is 14.5. The van der Waals surface area contributed by atoms with E-state index in [-0.39, 0.29) is 24.7 Å². The Hall–Kier alpha value is -3.08. The first-order valence-corrected chi connectivity index (χ1v) is 15.3. The minimum absolute atomic E-state index is 0.0626. The fourth-order valence-corrected chi connectivity index (χ4v) is 5.92. The Morgan fingerprint density at radius 1 is 1.00 bits per heavy atom. The van der Waals surface area contributed by atoms with Crippen LogP contribution in [0.2, 0.25) is 0 Å². The highest BCUT2D eigenvalue weighted by Gasteiger charge is 2.45. The van der Waals surface area contributed by atoms with Crippen LogP contribution in [0, 0.1) is 0 Å². The topological polar surface area (TPSA) is 77.8 Å². The first-order valence-electron chi connectivity index (χ1n) is 13.8. The summed E-state index contributed by atoms with van der Waals surface area (Å²) in [4.78, 5) is 25.4. The van der Waals surface area contributed by atoms with Crippen LogP contribution < -0.4 is 0 Å². The lowest BCUT2D eigenvalue weighted by Crippen LogP contribution is -2.48. The summed E-state index contributed by atoms with van der Waals surface area (Å²) in [5.74, 6) is 2.14. The molecule has 0 radical (unpaired) electrons. The maximum absolute atomic E-state index is 14.5. The molecule has 0 spiro atoms. The van der Waals surface area contributed by atoms with Crippen molar-refractivity contribution in [3.05, 3.63) is 104 Å². The second-order valence-electron chi connectivity index (χ2n) is 9.94. The molecule has 2 heterocycles. The van der Waals surface area contributed by atoms with Gasteiger partial charge in [-0.15, -0.1) is 0 Å². The summed E-state index contributed by atoms with van der Waals surface area (Å²) in [6, 6.07) is 15.4. The molecule has 3 aliphatic rings. The Balaban J connectivity index is 1.66. The van der Waals surface area contributed by atoms with Gasteiger partial charge in [-0.1, -0.05) is 56.1 Å². The average molecular weight is 686 g/mol. The van der Waals surface area contributed by atoms with Crippen LogP contribution in [0.25, 0.3) is 0 Å². The van der Waals surface area contributed by atoms with E-state index in [1.807, 2.05) is 53.3 Å². The fraction of sp³-hybridized carbons (Fsp3) is 0.355. The lowest BCUT2D eigenvalue weighted by atomic mass is 9.93. The molecule has 216 valence electrons. The number of aliphatic imine (C=N–C) groups is 1. The van der Waals surface area contributed by atoms with Gasteiger partial charge in [0, 0.05) is 59.0 Å². The summed E-state index contributed by atoms with van der Waals surface area (Å²) in [5.41, 5.74) is 2.89. The van der Waals surface area contributed by atoms with E-state index in [4.69, 9.17) is 14.5 Å². The third kappa shape index (κ3) is 6.39. The molecule has 2 aromatic rings. The van der Waals surface area contributed by atoms with E-state index < -0.39 is 0 Å². The number of methoxy groups -OCH3 is 1. The summed E-state index contributed by atoms with van der Waals surface area (Å²) in [6.45, 7) is 4.16. The van der Waals surface area contributed by atoms with Crippen LogP contribution in [-0.4, -0.2) is 71.6 Å². The number of carbonyl (C=O) groups excluding carboxylic acids is 1. The van der Waals surface area contributed by atoms with Crippen LogP contribution in [0.15, 0.2) is 98.0 Å². The van der Waals surface area contributed by atoms with Gasteiger partial charge >= 0.3 is 6.03 Å². The van der Waals surface area contributed by atoms with E-state index in [0.717, 1.165) is 31.4 Å². The Labute approximate surface area is 257 Å². The summed E-state index contributed by atoms with van der Waals surface area (Å²) in [6.07, 6.45) is 6.91. The van der Waals surface area contributed by atoms with Gasteiger partial charge in [-0.3, -0.25) is 14.8 Å². The molecule has 10 heteroatoms. The van der Waals surface area contributed by atoms with Crippen molar-refractivity contribution in [3.8, 4) is 0 Å². The monoisotopic (exact) mass is 684 g/mol. The average Bonchev–Trinajstić information content (AvgIpc) is 3.38. The van der Waals surface area contributed by atoms with Crippen molar-refractivity contribution in [2.24, 2.45) is 4.99 Å². The molecule has 2 unspecified atom stereocenters. The van der Waals surface area contributed by atoms with E-state index in [0.29, 0.717) is 50.7 Å². The van der Waals surface area contributed by atoms with Crippen LogP contribution in [0.3, 0.4) is 0 Å². The zero-order chi connectivity index (χ0) is 28.9. The minimum Gasteiger partial charge on any atom is -0.501 e. The number of aliphatic hydroxyl groups excluding tert-OH is 1. The summed E-state index contributed by atoms with van der Waals surface area (Å²) >= 11 is 7.12. The smallest absolute Gasteiger partial charge is 0.330 e. The molecule has 0 saturated carbocycles. The predicted molar refractivity (Wildman–Crippen MR) is 166 cm³/mol. The molecule has 5 rings (SSSR count). The third-order valence-electron chi connectivity index (χ3n) is 7.46.